The second-order valence-corrected chi connectivity index (χ2v) is 11.1. The summed E-state index contributed by atoms with van der Waals surface area (Å²) in [5, 5.41) is 2.99. The smallest absolute Gasteiger partial charge is 0.312 e. The van der Waals surface area contributed by atoms with Gasteiger partial charge in [-0.1, -0.05) is 24.4 Å². The zero-order chi connectivity index (χ0) is 22.8. The summed E-state index contributed by atoms with van der Waals surface area (Å²) in [4.78, 5) is 40.8. The van der Waals surface area contributed by atoms with Crippen LogP contribution in [0.4, 0.5) is 0 Å². The number of carbonyl (C=O) groups is 3. The largest absolute Gasteiger partial charge is 0.346 e. The van der Waals surface area contributed by atoms with Gasteiger partial charge in [0.1, 0.15) is 0 Å². The van der Waals surface area contributed by atoms with Crippen molar-refractivity contribution < 1.29 is 22.8 Å². The topological polar surface area (TPSA) is 104 Å². The Morgan fingerprint density at radius 2 is 1.48 bits per heavy atom. The van der Waals surface area contributed by atoms with E-state index in [9.17, 15) is 22.8 Å². The Hall–Kier alpha value is -2.13. The Bertz CT molecular complexity index is 948. The summed E-state index contributed by atoms with van der Waals surface area (Å²) in [5.41, 5.74) is 0. The maximum Gasteiger partial charge on any atom is 0.312 e. The SMILES string of the molecule is CC(C)NC(=O)C(=O)N1CCN(C(=O)C2(S(=O)(=O)c3ccc(Cl)cc3)CCCC2)CC1. The molecule has 3 rings (SSSR count). The van der Waals surface area contributed by atoms with Gasteiger partial charge in [0.25, 0.3) is 0 Å². The van der Waals surface area contributed by atoms with E-state index in [0.717, 1.165) is 0 Å². The predicted molar refractivity (Wildman–Crippen MR) is 116 cm³/mol. The number of hydrogen-bond donors (Lipinski definition) is 1. The highest BCUT2D eigenvalue weighted by atomic mass is 35.5. The monoisotopic (exact) mass is 469 g/mol. The summed E-state index contributed by atoms with van der Waals surface area (Å²) < 4.78 is 25.5. The van der Waals surface area contributed by atoms with Crippen LogP contribution in [0.15, 0.2) is 29.2 Å². The van der Waals surface area contributed by atoms with Crippen molar-refractivity contribution in [2.45, 2.75) is 55.2 Å². The van der Waals surface area contributed by atoms with E-state index in [0.29, 0.717) is 17.9 Å². The van der Waals surface area contributed by atoms with E-state index < -0.39 is 32.3 Å². The van der Waals surface area contributed by atoms with Crippen LogP contribution >= 0.6 is 11.6 Å². The maximum atomic E-state index is 13.5. The second kappa shape index (κ2) is 9.16. The molecular weight excluding hydrogens is 442 g/mol. The molecule has 0 spiro atoms. The molecule has 10 heteroatoms. The van der Waals surface area contributed by atoms with Crippen LogP contribution in [0.3, 0.4) is 0 Å². The van der Waals surface area contributed by atoms with Crippen molar-refractivity contribution >= 4 is 39.2 Å². The Labute approximate surface area is 187 Å². The molecule has 8 nitrogen and oxygen atoms in total. The van der Waals surface area contributed by atoms with Gasteiger partial charge in [-0.05, 0) is 51.0 Å². The van der Waals surface area contributed by atoms with Gasteiger partial charge in [0.2, 0.25) is 5.91 Å². The molecule has 0 bridgehead atoms. The first-order valence-corrected chi connectivity index (χ1v) is 12.3. The van der Waals surface area contributed by atoms with E-state index in [2.05, 4.69) is 5.32 Å². The number of rotatable bonds is 4. The average molecular weight is 470 g/mol. The molecule has 170 valence electrons. The summed E-state index contributed by atoms with van der Waals surface area (Å²) in [6, 6.07) is 5.74. The zero-order valence-electron chi connectivity index (χ0n) is 17.8. The van der Waals surface area contributed by atoms with Gasteiger partial charge in [0, 0.05) is 37.2 Å². The highest BCUT2D eigenvalue weighted by Crippen LogP contribution is 2.42. The highest BCUT2D eigenvalue weighted by molar-refractivity contribution is 7.93. The van der Waals surface area contributed by atoms with Crippen LogP contribution in [-0.2, 0) is 24.2 Å². The highest BCUT2D eigenvalue weighted by Gasteiger charge is 2.54. The van der Waals surface area contributed by atoms with Crippen LogP contribution < -0.4 is 5.32 Å². The lowest BCUT2D eigenvalue weighted by molar-refractivity contribution is -0.149. The van der Waals surface area contributed by atoms with E-state index in [-0.39, 0.29) is 50.0 Å². The Balaban J connectivity index is 1.76. The number of piperazine rings is 1. The van der Waals surface area contributed by atoms with Crippen molar-refractivity contribution in [3.8, 4) is 0 Å². The lowest BCUT2D eigenvalue weighted by Crippen LogP contribution is -2.59. The zero-order valence-corrected chi connectivity index (χ0v) is 19.3. The molecule has 1 aliphatic heterocycles. The Morgan fingerprint density at radius 1 is 0.968 bits per heavy atom. The fourth-order valence-corrected chi connectivity index (χ4v) is 6.51. The lowest BCUT2D eigenvalue weighted by Gasteiger charge is -2.39. The fraction of sp³-hybridized carbons (Fsp3) is 0.571. The third-order valence-corrected chi connectivity index (χ3v) is 8.66. The molecule has 0 radical (unpaired) electrons. The molecule has 3 amide bonds. The van der Waals surface area contributed by atoms with Crippen LogP contribution in [0.2, 0.25) is 5.02 Å². The average Bonchev–Trinajstić information content (AvgIpc) is 3.24. The Kier molecular flexibility index (Phi) is 6.95. The first-order chi connectivity index (χ1) is 14.6. The van der Waals surface area contributed by atoms with Gasteiger partial charge in [0.15, 0.2) is 14.6 Å². The van der Waals surface area contributed by atoms with Crippen molar-refractivity contribution in [1.29, 1.82) is 0 Å². The minimum Gasteiger partial charge on any atom is -0.346 e. The standard InChI is InChI=1S/C21H28ClN3O5S/c1-15(2)23-18(26)19(27)24-11-13-25(14-12-24)20(28)21(9-3-4-10-21)31(29,30)17-7-5-16(22)6-8-17/h5-8,15H,3-4,9-14H2,1-2H3,(H,23,26). The van der Waals surface area contributed by atoms with E-state index in [1.807, 2.05) is 0 Å². The fourth-order valence-electron chi connectivity index (χ4n) is 4.25. The third kappa shape index (κ3) is 4.57. The molecule has 2 aliphatic rings. The van der Waals surface area contributed by atoms with E-state index in [4.69, 9.17) is 11.6 Å². The molecule has 1 heterocycles. The minimum atomic E-state index is -3.92. The third-order valence-electron chi connectivity index (χ3n) is 5.91. The molecule has 0 unspecified atom stereocenters. The van der Waals surface area contributed by atoms with Gasteiger partial charge in [-0.2, -0.15) is 0 Å². The van der Waals surface area contributed by atoms with Crippen molar-refractivity contribution in [2.75, 3.05) is 26.2 Å². The van der Waals surface area contributed by atoms with Gasteiger partial charge >= 0.3 is 11.8 Å². The van der Waals surface area contributed by atoms with E-state index >= 15 is 0 Å². The molecule has 1 aromatic carbocycles. The van der Waals surface area contributed by atoms with Crippen molar-refractivity contribution in [3.05, 3.63) is 29.3 Å². The van der Waals surface area contributed by atoms with Gasteiger partial charge in [-0.15, -0.1) is 0 Å². The van der Waals surface area contributed by atoms with Crippen molar-refractivity contribution in [1.82, 2.24) is 15.1 Å². The molecule has 0 aromatic heterocycles. The summed E-state index contributed by atoms with van der Waals surface area (Å²) in [5.74, 6) is -1.73. The number of sulfone groups is 1. The van der Waals surface area contributed by atoms with Crippen LogP contribution in [0.25, 0.3) is 0 Å². The van der Waals surface area contributed by atoms with Gasteiger partial charge < -0.3 is 15.1 Å². The van der Waals surface area contributed by atoms with Crippen molar-refractivity contribution in [3.63, 3.8) is 0 Å². The maximum absolute atomic E-state index is 13.5. The molecule has 31 heavy (non-hydrogen) atoms. The van der Waals surface area contributed by atoms with Gasteiger partial charge in [-0.3, -0.25) is 14.4 Å². The molecular formula is C21H28ClN3O5S. The first kappa shape index (κ1) is 23.5. The predicted octanol–water partition coefficient (Wildman–Crippen LogP) is 1.62. The van der Waals surface area contributed by atoms with Crippen LogP contribution in [0, 0.1) is 0 Å². The number of hydrogen-bond acceptors (Lipinski definition) is 5. The number of carbonyl (C=O) groups excluding carboxylic acids is 3. The van der Waals surface area contributed by atoms with Crippen LogP contribution in [0.1, 0.15) is 39.5 Å². The molecule has 1 aliphatic carbocycles. The first-order valence-electron chi connectivity index (χ1n) is 10.5. The molecule has 1 saturated heterocycles. The number of nitrogens with zero attached hydrogens (tertiary/aromatic N) is 2. The molecule has 1 N–H and O–H groups in total. The summed E-state index contributed by atoms with van der Waals surface area (Å²) >= 11 is 5.90. The number of nitrogens with one attached hydrogen (secondary N) is 1. The molecule has 1 saturated carbocycles. The number of amides is 3. The van der Waals surface area contributed by atoms with Crippen LogP contribution in [-0.4, -0.2) is 72.9 Å². The van der Waals surface area contributed by atoms with E-state index in [1.165, 1.54) is 34.1 Å². The van der Waals surface area contributed by atoms with E-state index in [1.54, 1.807) is 13.8 Å². The lowest BCUT2D eigenvalue weighted by atomic mass is 10.0. The molecule has 2 fully saturated rings. The second-order valence-electron chi connectivity index (χ2n) is 8.37. The normalized spacial score (nSPS) is 18.8. The summed E-state index contributed by atoms with van der Waals surface area (Å²) in [6.45, 7) is 4.29. The number of benzene rings is 1. The van der Waals surface area contributed by atoms with Crippen LogP contribution in [0.5, 0.6) is 0 Å². The summed E-state index contributed by atoms with van der Waals surface area (Å²) in [6.07, 6.45) is 1.86. The Morgan fingerprint density at radius 3 is 2.00 bits per heavy atom. The molecule has 1 aromatic rings. The number of halogens is 1. The molecule has 0 atom stereocenters. The summed E-state index contributed by atoms with van der Waals surface area (Å²) in [7, 11) is -3.92. The van der Waals surface area contributed by atoms with Gasteiger partial charge in [-0.25, -0.2) is 8.42 Å². The minimum absolute atomic E-state index is 0.0892. The van der Waals surface area contributed by atoms with Gasteiger partial charge in [0.05, 0.1) is 4.90 Å². The van der Waals surface area contributed by atoms with Crippen molar-refractivity contribution in [2.24, 2.45) is 0 Å². The quantitative estimate of drug-likeness (QED) is 0.675.